The van der Waals surface area contributed by atoms with Crippen molar-refractivity contribution in [1.29, 1.82) is 0 Å². The molecule has 3 aromatic carbocycles. The quantitative estimate of drug-likeness (QED) is 0.593. The maximum atomic E-state index is 12.6. The molecule has 0 saturated carbocycles. The summed E-state index contributed by atoms with van der Waals surface area (Å²) in [6.07, 6.45) is 0. The van der Waals surface area contributed by atoms with E-state index in [2.05, 4.69) is 10.0 Å². The van der Waals surface area contributed by atoms with Crippen LogP contribution < -0.4 is 14.8 Å². The minimum Gasteiger partial charge on any atom is -0.495 e. The first kappa shape index (κ1) is 20.7. The molecule has 0 atom stereocenters. The minimum absolute atomic E-state index is 0.141. The summed E-state index contributed by atoms with van der Waals surface area (Å²) in [5.41, 5.74) is 1.81. The summed E-state index contributed by atoms with van der Waals surface area (Å²) in [6.45, 7) is 1.76. The van der Waals surface area contributed by atoms with Crippen molar-refractivity contribution in [3.05, 3.63) is 82.9 Å². The Labute approximate surface area is 174 Å². The predicted octanol–water partition coefficient (Wildman–Crippen LogP) is 4.71. The second-order valence-electron chi connectivity index (χ2n) is 6.25. The molecule has 0 spiro atoms. The highest BCUT2D eigenvalue weighted by atomic mass is 35.5. The Bertz CT molecular complexity index is 1150. The average molecular weight is 431 g/mol. The summed E-state index contributed by atoms with van der Waals surface area (Å²) in [7, 11) is -2.26. The van der Waals surface area contributed by atoms with E-state index >= 15 is 0 Å². The van der Waals surface area contributed by atoms with Crippen LogP contribution in [0.5, 0.6) is 5.75 Å². The Kier molecular flexibility index (Phi) is 6.10. The maximum absolute atomic E-state index is 12.6. The van der Waals surface area contributed by atoms with Crippen LogP contribution in [0.2, 0.25) is 5.02 Å². The van der Waals surface area contributed by atoms with Crippen LogP contribution in [0.1, 0.15) is 15.9 Å². The summed E-state index contributed by atoms with van der Waals surface area (Å²) in [6, 6.07) is 17.7. The number of anilines is 2. The zero-order valence-corrected chi connectivity index (χ0v) is 17.3. The Balaban J connectivity index is 1.83. The fourth-order valence-corrected chi connectivity index (χ4v) is 4.02. The largest absolute Gasteiger partial charge is 0.495 e. The molecule has 6 nitrogen and oxygen atoms in total. The van der Waals surface area contributed by atoms with Gasteiger partial charge in [-0.15, -0.1) is 0 Å². The van der Waals surface area contributed by atoms with E-state index in [-0.39, 0.29) is 4.90 Å². The smallest absolute Gasteiger partial charge is 0.261 e. The molecule has 1 amide bonds. The second kappa shape index (κ2) is 8.55. The van der Waals surface area contributed by atoms with Gasteiger partial charge in [-0.3, -0.25) is 9.52 Å². The van der Waals surface area contributed by atoms with Crippen molar-refractivity contribution < 1.29 is 17.9 Å². The number of carbonyl (C=O) groups is 1. The van der Waals surface area contributed by atoms with Crippen molar-refractivity contribution >= 4 is 38.9 Å². The van der Waals surface area contributed by atoms with Crippen LogP contribution in [0.3, 0.4) is 0 Å². The number of hydrogen-bond donors (Lipinski definition) is 2. The van der Waals surface area contributed by atoms with Crippen LogP contribution in [0.25, 0.3) is 0 Å². The number of benzene rings is 3. The first-order valence-electron chi connectivity index (χ1n) is 8.63. The number of nitrogens with one attached hydrogen (secondary N) is 2. The van der Waals surface area contributed by atoms with E-state index in [1.54, 1.807) is 55.5 Å². The highest BCUT2D eigenvalue weighted by molar-refractivity contribution is 7.92. The van der Waals surface area contributed by atoms with Gasteiger partial charge in [0.05, 0.1) is 22.7 Å². The molecule has 3 aromatic rings. The third-order valence-corrected chi connectivity index (χ3v) is 5.88. The Morgan fingerprint density at radius 3 is 2.38 bits per heavy atom. The molecule has 0 bridgehead atoms. The topological polar surface area (TPSA) is 84.5 Å². The molecular formula is C21H19ClN2O4S. The molecule has 0 aromatic heterocycles. The van der Waals surface area contributed by atoms with E-state index in [1.165, 1.54) is 25.3 Å². The predicted molar refractivity (Wildman–Crippen MR) is 114 cm³/mol. The lowest BCUT2D eigenvalue weighted by Crippen LogP contribution is -2.16. The van der Waals surface area contributed by atoms with E-state index in [1.807, 2.05) is 0 Å². The number of carbonyl (C=O) groups excluding carboxylic acids is 1. The fourth-order valence-electron chi connectivity index (χ4n) is 2.62. The Hall–Kier alpha value is -3.03. The number of rotatable bonds is 6. The van der Waals surface area contributed by atoms with Gasteiger partial charge >= 0.3 is 0 Å². The molecule has 150 valence electrons. The normalized spacial score (nSPS) is 11.0. The minimum atomic E-state index is -3.76. The van der Waals surface area contributed by atoms with Crippen LogP contribution >= 0.6 is 11.6 Å². The van der Waals surface area contributed by atoms with Crippen LogP contribution in [0.15, 0.2) is 71.6 Å². The number of sulfonamides is 1. The number of amides is 1. The SMILES string of the molecule is COc1ccc(NC(=O)c2ccc(C)c(NS(=O)(=O)c3ccccc3)c2)cc1Cl. The molecule has 0 radical (unpaired) electrons. The highest BCUT2D eigenvalue weighted by Crippen LogP contribution is 2.28. The monoisotopic (exact) mass is 430 g/mol. The third-order valence-electron chi connectivity index (χ3n) is 4.21. The number of ether oxygens (including phenoxy) is 1. The van der Waals surface area contributed by atoms with Gasteiger partial charge in [-0.05, 0) is 55.0 Å². The van der Waals surface area contributed by atoms with Gasteiger partial charge in [-0.2, -0.15) is 0 Å². The van der Waals surface area contributed by atoms with Crippen molar-refractivity contribution in [2.75, 3.05) is 17.1 Å². The summed E-state index contributed by atoms with van der Waals surface area (Å²) in [4.78, 5) is 12.8. The summed E-state index contributed by atoms with van der Waals surface area (Å²) in [5.74, 6) is 0.101. The van der Waals surface area contributed by atoms with Crippen LogP contribution in [0.4, 0.5) is 11.4 Å². The van der Waals surface area contributed by atoms with Gasteiger partial charge in [0.1, 0.15) is 5.75 Å². The van der Waals surface area contributed by atoms with Gasteiger partial charge in [0.25, 0.3) is 15.9 Å². The van der Waals surface area contributed by atoms with Gasteiger partial charge in [0, 0.05) is 11.3 Å². The second-order valence-corrected chi connectivity index (χ2v) is 8.34. The first-order chi connectivity index (χ1) is 13.8. The Morgan fingerprint density at radius 1 is 1.00 bits per heavy atom. The molecule has 0 saturated heterocycles. The Morgan fingerprint density at radius 2 is 1.72 bits per heavy atom. The van der Waals surface area contributed by atoms with Crippen LogP contribution in [0, 0.1) is 6.92 Å². The highest BCUT2D eigenvalue weighted by Gasteiger charge is 2.16. The lowest BCUT2D eigenvalue weighted by Gasteiger charge is -2.13. The van der Waals surface area contributed by atoms with E-state index in [9.17, 15) is 13.2 Å². The molecule has 0 aliphatic heterocycles. The van der Waals surface area contributed by atoms with Gasteiger partial charge in [0.15, 0.2) is 0 Å². The molecule has 3 rings (SSSR count). The standard InChI is InChI=1S/C21H19ClN2O4S/c1-14-8-9-15(21(25)23-16-10-11-20(28-2)18(22)13-16)12-19(14)24-29(26,27)17-6-4-3-5-7-17/h3-13,24H,1-2H3,(H,23,25). The third kappa shape index (κ3) is 4.88. The van der Waals surface area contributed by atoms with Crippen molar-refractivity contribution in [3.63, 3.8) is 0 Å². The first-order valence-corrected chi connectivity index (χ1v) is 10.5. The van der Waals surface area contributed by atoms with Gasteiger partial charge in [-0.25, -0.2) is 8.42 Å². The summed E-state index contributed by atoms with van der Waals surface area (Å²) in [5, 5.41) is 3.10. The maximum Gasteiger partial charge on any atom is 0.261 e. The van der Waals surface area contributed by atoms with Crippen molar-refractivity contribution in [1.82, 2.24) is 0 Å². The van der Waals surface area contributed by atoms with E-state index in [4.69, 9.17) is 16.3 Å². The molecule has 29 heavy (non-hydrogen) atoms. The van der Waals surface area contributed by atoms with E-state index in [0.29, 0.717) is 33.3 Å². The van der Waals surface area contributed by atoms with Crippen molar-refractivity contribution in [2.45, 2.75) is 11.8 Å². The number of hydrogen-bond acceptors (Lipinski definition) is 4. The molecule has 2 N–H and O–H groups in total. The molecule has 0 unspecified atom stereocenters. The van der Waals surface area contributed by atoms with Crippen molar-refractivity contribution in [3.8, 4) is 5.75 Å². The molecule has 0 fully saturated rings. The molecular weight excluding hydrogens is 412 g/mol. The van der Waals surface area contributed by atoms with Gasteiger partial charge in [-0.1, -0.05) is 35.9 Å². The number of aryl methyl sites for hydroxylation is 1. The number of halogens is 1. The van der Waals surface area contributed by atoms with Gasteiger partial charge < -0.3 is 10.1 Å². The van der Waals surface area contributed by atoms with Gasteiger partial charge in [0.2, 0.25) is 0 Å². The molecule has 8 heteroatoms. The number of methoxy groups -OCH3 is 1. The lowest BCUT2D eigenvalue weighted by molar-refractivity contribution is 0.102. The van der Waals surface area contributed by atoms with Crippen LogP contribution in [-0.4, -0.2) is 21.4 Å². The van der Waals surface area contributed by atoms with E-state index in [0.717, 1.165) is 0 Å². The molecule has 0 aliphatic carbocycles. The lowest BCUT2D eigenvalue weighted by atomic mass is 10.1. The zero-order chi connectivity index (χ0) is 21.0. The fraction of sp³-hybridized carbons (Fsp3) is 0.0952. The van der Waals surface area contributed by atoms with Crippen LogP contribution in [-0.2, 0) is 10.0 Å². The van der Waals surface area contributed by atoms with E-state index < -0.39 is 15.9 Å². The molecule has 0 aliphatic rings. The molecule has 0 heterocycles. The van der Waals surface area contributed by atoms with Crippen molar-refractivity contribution in [2.24, 2.45) is 0 Å². The summed E-state index contributed by atoms with van der Waals surface area (Å²) >= 11 is 6.08. The zero-order valence-electron chi connectivity index (χ0n) is 15.8. The summed E-state index contributed by atoms with van der Waals surface area (Å²) < 4.78 is 32.8. The average Bonchev–Trinajstić information content (AvgIpc) is 2.70.